The third kappa shape index (κ3) is 4.46. The highest BCUT2D eigenvalue weighted by molar-refractivity contribution is 5.77. The number of hydrogen-bond donors (Lipinski definition) is 1. The molecule has 1 atom stereocenters. The van der Waals surface area contributed by atoms with Crippen LogP contribution in [0.4, 0.5) is 0 Å². The van der Waals surface area contributed by atoms with Gasteiger partial charge < -0.3 is 15.4 Å². The summed E-state index contributed by atoms with van der Waals surface area (Å²) < 4.78 is 5.46. The van der Waals surface area contributed by atoms with Gasteiger partial charge in [-0.05, 0) is 37.1 Å². The van der Waals surface area contributed by atoms with Crippen LogP contribution in [0.15, 0.2) is 0 Å². The molecule has 3 rings (SSSR count). The van der Waals surface area contributed by atoms with E-state index in [0.717, 1.165) is 58.8 Å². The molecule has 2 saturated heterocycles. The number of ether oxygens (including phenoxy) is 1. The molecule has 2 aliphatic heterocycles. The van der Waals surface area contributed by atoms with E-state index in [4.69, 9.17) is 10.5 Å². The quantitative estimate of drug-likeness (QED) is 0.832. The van der Waals surface area contributed by atoms with Gasteiger partial charge in [-0.3, -0.25) is 9.69 Å². The first kappa shape index (κ1) is 17.2. The Bertz CT molecular complexity index is 382. The second-order valence-electron chi connectivity index (χ2n) is 7.85. The van der Waals surface area contributed by atoms with E-state index >= 15 is 0 Å². The number of rotatable bonds is 5. The van der Waals surface area contributed by atoms with E-state index in [1.807, 2.05) is 0 Å². The van der Waals surface area contributed by atoms with Gasteiger partial charge in [0.2, 0.25) is 5.91 Å². The zero-order valence-electron chi connectivity index (χ0n) is 14.5. The van der Waals surface area contributed by atoms with Crippen LogP contribution >= 0.6 is 0 Å². The number of nitrogens with two attached hydrogens (primary N) is 1. The zero-order valence-corrected chi connectivity index (χ0v) is 14.5. The maximum absolute atomic E-state index is 12.7. The summed E-state index contributed by atoms with van der Waals surface area (Å²) in [5.74, 6) is 1.03. The van der Waals surface area contributed by atoms with Crippen molar-refractivity contribution in [2.45, 2.75) is 44.9 Å². The molecule has 2 heterocycles. The minimum Gasteiger partial charge on any atom is -0.381 e. The summed E-state index contributed by atoms with van der Waals surface area (Å²) in [6.07, 6.45) is 7.91. The Morgan fingerprint density at radius 3 is 2.48 bits per heavy atom. The lowest BCUT2D eigenvalue weighted by Crippen LogP contribution is -2.51. The highest BCUT2D eigenvalue weighted by Crippen LogP contribution is 2.38. The van der Waals surface area contributed by atoms with Crippen LogP contribution in [-0.2, 0) is 9.53 Å². The van der Waals surface area contributed by atoms with E-state index in [9.17, 15) is 4.79 Å². The molecule has 1 aliphatic carbocycles. The minimum absolute atomic E-state index is 0.0909. The molecular formula is C18H33N3O2. The molecule has 3 aliphatic rings. The summed E-state index contributed by atoms with van der Waals surface area (Å²) in [6, 6.07) is 0. The van der Waals surface area contributed by atoms with Gasteiger partial charge in [0.05, 0.1) is 6.61 Å². The maximum atomic E-state index is 12.7. The minimum atomic E-state index is 0.0909. The monoisotopic (exact) mass is 323 g/mol. The Labute approximate surface area is 140 Å². The van der Waals surface area contributed by atoms with Gasteiger partial charge in [0, 0.05) is 45.8 Å². The molecule has 0 radical (unpaired) electrons. The molecule has 132 valence electrons. The summed E-state index contributed by atoms with van der Waals surface area (Å²) in [4.78, 5) is 17.3. The number of nitrogens with zero attached hydrogens (tertiary/aromatic N) is 2. The average Bonchev–Trinajstić information content (AvgIpc) is 3.09. The number of piperazine rings is 1. The number of carbonyl (C=O) groups is 1. The van der Waals surface area contributed by atoms with Gasteiger partial charge in [-0.2, -0.15) is 0 Å². The van der Waals surface area contributed by atoms with Crippen LogP contribution in [-0.4, -0.2) is 68.2 Å². The van der Waals surface area contributed by atoms with Crippen LogP contribution in [0.1, 0.15) is 44.9 Å². The zero-order chi connectivity index (χ0) is 16.1. The predicted octanol–water partition coefficient (Wildman–Crippen LogP) is 1.47. The summed E-state index contributed by atoms with van der Waals surface area (Å²) >= 11 is 0. The van der Waals surface area contributed by atoms with Crippen molar-refractivity contribution in [3.63, 3.8) is 0 Å². The largest absolute Gasteiger partial charge is 0.381 e. The summed E-state index contributed by atoms with van der Waals surface area (Å²) in [5.41, 5.74) is 6.13. The fourth-order valence-corrected chi connectivity index (χ4v) is 4.46. The van der Waals surface area contributed by atoms with Crippen molar-refractivity contribution in [2.75, 3.05) is 52.5 Å². The van der Waals surface area contributed by atoms with Crippen molar-refractivity contribution in [1.29, 1.82) is 0 Å². The van der Waals surface area contributed by atoms with Crippen LogP contribution in [0.5, 0.6) is 0 Å². The van der Waals surface area contributed by atoms with E-state index in [0.29, 0.717) is 24.8 Å². The van der Waals surface area contributed by atoms with Crippen LogP contribution in [0, 0.1) is 11.3 Å². The Morgan fingerprint density at radius 1 is 1.13 bits per heavy atom. The van der Waals surface area contributed by atoms with Crippen molar-refractivity contribution < 1.29 is 9.53 Å². The molecule has 5 nitrogen and oxygen atoms in total. The highest BCUT2D eigenvalue weighted by atomic mass is 16.5. The fraction of sp³-hybridized carbons (Fsp3) is 0.944. The van der Waals surface area contributed by atoms with Gasteiger partial charge in [-0.25, -0.2) is 0 Å². The first-order valence-electron chi connectivity index (χ1n) is 9.49. The van der Waals surface area contributed by atoms with E-state index in [2.05, 4.69) is 9.80 Å². The van der Waals surface area contributed by atoms with E-state index in [1.165, 1.54) is 25.7 Å². The molecule has 2 N–H and O–H groups in total. The molecule has 0 aromatic heterocycles. The Balaban J connectivity index is 1.44. The van der Waals surface area contributed by atoms with Gasteiger partial charge in [-0.15, -0.1) is 0 Å². The predicted molar refractivity (Wildman–Crippen MR) is 91.1 cm³/mol. The molecule has 0 aromatic rings. The van der Waals surface area contributed by atoms with E-state index in [1.54, 1.807) is 0 Å². The third-order valence-electron chi connectivity index (χ3n) is 6.14. The summed E-state index contributed by atoms with van der Waals surface area (Å²) in [5, 5.41) is 0. The third-order valence-corrected chi connectivity index (χ3v) is 6.14. The van der Waals surface area contributed by atoms with Crippen LogP contribution in [0.2, 0.25) is 0 Å². The number of amides is 1. The molecule has 1 saturated carbocycles. The van der Waals surface area contributed by atoms with Crippen molar-refractivity contribution >= 4 is 5.91 Å². The van der Waals surface area contributed by atoms with Crippen molar-refractivity contribution in [3.8, 4) is 0 Å². The molecular weight excluding hydrogens is 290 g/mol. The van der Waals surface area contributed by atoms with Gasteiger partial charge in [0.25, 0.3) is 0 Å². The molecule has 3 fully saturated rings. The SMILES string of the molecule is NCC1(CC(=O)N2CCN(CC3CCOC3)CC2)CCCCC1. The van der Waals surface area contributed by atoms with Crippen LogP contribution in [0.25, 0.3) is 0 Å². The highest BCUT2D eigenvalue weighted by Gasteiger charge is 2.35. The average molecular weight is 323 g/mol. The molecule has 1 amide bonds. The maximum Gasteiger partial charge on any atom is 0.223 e. The number of carbonyl (C=O) groups excluding carboxylic acids is 1. The van der Waals surface area contributed by atoms with E-state index in [-0.39, 0.29) is 5.41 Å². The van der Waals surface area contributed by atoms with Gasteiger partial charge >= 0.3 is 0 Å². The molecule has 0 spiro atoms. The smallest absolute Gasteiger partial charge is 0.223 e. The topological polar surface area (TPSA) is 58.8 Å². The van der Waals surface area contributed by atoms with Crippen molar-refractivity contribution in [3.05, 3.63) is 0 Å². The summed E-state index contributed by atoms with van der Waals surface area (Å²) in [6.45, 7) is 7.42. The lowest BCUT2D eigenvalue weighted by molar-refractivity contribution is -0.136. The number of hydrogen-bond acceptors (Lipinski definition) is 4. The van der Waals surface area contributed by atoms with Crippen molar-refractivity contribution in [1.82, 2.24) is 9.80 Å². The molecule has 1 unspecified atom stereocenters. The molecule has 5 heteroatoms. The lowest BCUT2D eigenvalue weighted by atomic mass is 9.71. The molecule has 23 heavy (non-hydrogen) atoms. The van der Waals surface area contributed by atoms with Gasteiger partial charge in [-0.1, -0.05) is 19.3 Å². The normalized spacial score (nSPS) is 28.9. The Kier molecular flexibility index (Phi) is 5.94. The first-order chi connectivity index (χ1) is 11.2. The Hall–Kier alpha value is -0.650. The second kappa shape index (κ2) is 7.95. The standard InChI is InChI=1S/C18H33N3O2/c19-15-18(5-2-1-3-6-18)12-17(22)21-9-7-20(8-10-21)13-16-4-11-23-14-16/h16H,1-15,19H2. The summed E-state index contributed by atoms with van der Waals surface area (Å²) in [7, 11) is 0. The molecule has 0 aromatic carbocycles. The Morgan fingerprint density at radius 2 is 1.87 bits per heavy atom. The van der Waals surface area contributed by atoms with Gasteiger partial charge in [0.15, 0.2) is 0 Å². The first-order valence-corrected chi connectivity index (χ1v) is 9.49. The van der Waals surface area contributed by atoms with E-state index < -0.39 is 0 Å². The molecule has 0 bridgehead atoms. The second-order valence-corrected chi connectivity index (χ2v) is 7.85. The van der Waals surface area contributed by atoms with Crippen LogP contribution < -0.4 is 5.73 Å². The lowest BCUT2D eigenvalue weighted by Gasteiger charge is -2.40. The van der Waals surface area contributed by atoms with Crippen molar-refractivity contribution in [2.24, 2.45) is 17.1 Å². The fourth-order valence-electron chi connectivity index (χ4n) is 4.46. The van der Waals surface area contributed by atoms with Gasteiger partial charge in [0.1, 0.15) is 0 Å². The van der Waals surface area contributed by atoms with Crippen LogP contribution in [0.3, 0.4) is 0 Å².